The molecule has 1 aromatic heterocycles. The average Bonchev–Trinajstić information content (AvgIpc) is 2.68. The van der Waals surface area contributed by atoms with Crippen molar-refractivity contribution in [1.29, 1.82) is 0 Å². The number of aliphatic imine (C=N–C) groups is 1. The Morgan fingerprint density at radius 3 is 2.73 bits per heavy atom. The Labute approximate surface area is 155 Å². The van der Waals surface area contributed by atoms with Gasteiger partial charge < -0.3 is 15.8 Å². The van der Waals surface area contributed by atoms with Crippen LogP contribution in [0.3, 0.4) is 0 Å². The van der Waals surface area contributed by atoms with Gasteiger partial charge in [-0.1, -0.05) is 36.8 Å². The molecule has 0 aliphatic heterocycles. The van der Waals surface area contributed by atoms with Crippen molar-refractivity contribution in [2.24, 2.45) is 10.7 Å². The molecule has 1 saturated carbocycles. The summed E-state index contributed by atoms with van der Waals surface area (Å²) in [5, 5.41) is 3.16. The SMILES string of the molecule is NC(=NCc1ccnc(OC2CCCCC2)c1)NCCc1ccccc1. The lowest BCUT2D eigenvalue weighted by atomic mass is 9.98. The standard InChI is InChI=1S/C21H28N4O/c22-21(24-14-11-17-7-3-1-4-8-17)25-16-18-12-13-23-20(15-18)26-19-9-5-2-6-10-19/h1,3-4,7-8,12-13,15,19H,2,5-6,9-11,14,16H2,(H3,22,24,25). The molecule has 1 heterocycles. The highest BCUT2D eigenvalue weighted by Gasteiger charge is 2.15. The molecular weight excluding hydrogens is 324 g/mol. The number of hydrogen-bond acceptors (Lipinski definition) is 3. The van der Waals surface area contributed by atoms with E-state index in [0.717, 1.165) is 31.4 Å². The number of ether oxygens (including phenoxy) is 1. The molecule has 26 heavy (non-hydrogen) atoms. The quantitative estimate of drug-likeness (QED) is 0.591. The molecule has 3 N–H and O–H groups in total. The van der Waals surface area contributed by atoms with Crippen molar-refractivity contribution in [2.75, 3.05) is 6.54 Å². The third kappa shape index (κ3) is 6.06. The molecule has 0 atom stereocenters. The molecule has 1 aliphatic rings. The number of nitrogens with one attached hydrogen (secondary N) is 1. The van der Waals surface area contributed by atoms with Crippen molar-refractivity contribution in [1.82, 2.24) is 10.3 Å². The number of hydrogen-bond donors (Lipinski definition) is 2. The van der Waals surface area contributed by atoms with Crippen LogP contribution >= 0.6 is 0 Å². The smallest absolute Gasteiger partial charge is 0.213 e. The molecule has 5 heteroatoms. The first kappa shape index (κ1) is 18.2. The Bertz CT molecular complexity index is 696. The predicted octanol–water partition coefficient (Wildman–Crippen LogP) is 3.44. The molecule has 0 amide bonds. The molecule has 0 spiro atoms. The Morgan fingerprint density at radius 2 is 1.92 bits per heavy atom. The lowest BCUT2D eigenvalue weighted by Gasteiger charge is -2.22. The van der Waals surface area contributed by atoms with E-state index in [4.69, 9.17) is 10.5 Å². The van der Waals surface area contributed by atoms with E-state index in [-0.39, 0.29) is 0 Å². The fourth-order valence-electron chi connectivity index (χ4n) is 3.18. The van der Waals surface area contributed by atoms with Crippen LogP contribution in [0.4, 0.5) is 0 Å². The van der Waals surface area contributed by atoms with Crippen LogP contribution in [-0.2, 0) is 13.0 Å². The summed E-state index contributed by atoms with van der Waals surface area (Å²) in [6, 6.07) is 14.3. The van der Waals surface area contributed by atoms with Gasteiger partial charge >= 0.3 is 0 Å². The maximum Gasteiger partial charge on any atom is 0.213 e. The summed E-state index contributed by atoms with van der Waals surface area (Å²) >= 11 is 0. The van der Waals surface area contributed by atoms with E-state index in [1.165, 1.54) is 24.8 Å². The van der Waals surface area contributed by atoms with Gasteiger partial charge in [-0.25, -0.2) is 9.98 Å². The summed E-state index contributed by atoms with van der Waals surface area (Å²) in [7, 11) is 0. The molecule has 0 radical (unpaired) electrons. The zero-order valence-corrected chi connectivity index (χ0v) is 15.2. The van der Waals surface area contributed by atoms with E-state index in [2.05, 4.69) is 27.4 Å². The van der Waals surface area contributed by atoms with Gasteiger partial charge in [0.25, 0.3) is 0 Å². The van der Waals surface area contributed by atoms with Crippen LogP contribution < -0.4 is 15.8 Å². The van der Waals surface area contributed by atoms with Crippen LogP contribution in [0.5, 0.6) is 5.88 Å². The number of rotatable bonds is 7. The Kier molecular flexibility index (Phi) is 6.88. The minimum Gasteiger partial charge on any atom is -0.474 e. The van der Waals surface area contributed by atoms with Crippen molar-refractivity contribution in [3.63, 3.8) is 0 Å². The Hall–Kier alpha value is -2.56. The predicted molar refractivity (Wildman–Crippen MR) is 105 cm³/mol. The fourth-order valence-corrected chi connectivity index (χ4v) is 3.18. The second kappa shape index (κ2) is 9.80. The van der Waals surface area contributed by atoms with Gasteiger partial charge in [-0.15, -0.1) is 0 Å². The molecule has 138 valence electrons. The largest absolute Gasteiger partial charge is 0.474 e. The van der Waals surface area contributed by atoms with E-state index in [1.54, 1.807) is 6.20 Å². The number of aromatic nitrogens is 1. The van der Waals surface area contributed by atoms with Crippen LogP contribution in [0.1, 0.15) is 43.2 Å². The second-order valence-corrected chi connectivity index (χ2v) is 6.74. The van der Waals surface area contributed by atoms with E-state index in [1.807, 2.05) is 30.3 Å². The van der Waals surface area contributed by atoms with Gasteiger partial charge in [0.1, 0.15) is 6.10 Å². The molecule has 0 unspecified atom stereocenters. The maximum absolute atomic E-state index is 6.01. The number of nitrogens with two attached hydrogens (primary N) is 1. The first-order valence-corrected chi connectivity index (χ1v) is 9.49. The van der Waals surface area contributed by atoms with Crippen LogP contribution in [-0.4, -0.2) is 23.6 Å². The zero-order chi connectivity index (χ0) is 18.0. The van der Waals surface area contributed by atoms with Crippen LogP contribution in [0.25, 0.3) is 0 Å². The van der Waals surface area contributed by atoms with Crippen LogP contribution in [0, 0.1) is 0 Å². The lowest BCUT2D eigenvalue weighted by molar-refractivity contribution is 0.148. The summed E-state index contributed by atoms with van der Waals surface area (Å²) in [5.74, 6) is 1.16. The minimum atomic E-state index is 0.305. The van der Waals surface area contributed by atoms with Gasteiger partial charge in [-0.2, -0.15) is 0 Å². The second-order valence-electron chi connectivity index (χ2n) is 6.74. The molecule has 2 aromatic rings. The Balaban J connectivity index is 1.45. The highest BCUT2D eigenvalue weighted by Crippen LogP contribution is 2.22. The minimum absolute atomic E-state index is 0.305. The van der Waals surface area contributed by atoms with Crippen molar-refractivity contribution >= 4 is 5.96 Å². The molecule has 1 fully saturated rings. The number of pyridine rings is 1. The van der Waals surface area contributed by atoms with Gasteiger partial charge in [0, 0.05) is 18.8 Å². The van der Waals surface area contributed by atoms with Gasteiger partial charge in [-0.05, 0) is 49.3 Å². The average molecular weight is 352 g/mol. The number of benzene rings is 1. The van der Waals surface area contributed by atoms with Crippen LogP contribution in [0.2, 0.25) is 0 Å². The van der Waals surface area contributed by atoms with Crippen molar-refractivity contribution in [2.45, 2.75) is 51.2 Å². The first-order chi connectivity index (χ1) is 12.8. The van der Waals surface area contributed by atoms with Crippen molar-refractivity contribution in [3.8, 4) is 5.88 Å². The van der Waals surface area contributed by atoms with Gasteiger partial charge in [0.05, 0.1) is 6.54 Å². The summed E-state index contributed by atoms with van der Waals surface area (Å²) in [6.07, 6.45) is 9.08. The normalized spacial score (nSPS) is 15.6. The zero-order valence-electron chi connectivity index (χ0n) is 15.2. The first-order valence-electron chi connectivity index (χ1n) is 9.49. The van der Waals surface area contributed by atoms with Crippen LogP contribution in [0.15, 0.2) is 53.7 Å². The summed E-state index contributed by atoms with van der Waals surface area (Å²) in [6.45, 7) is 1.29. The summed E-state index contributed by atoms with van der Waals surface area (Å²) in [5.41, 5.74) is 8.30. The topological polar surface area (TPSA) is 72.5 Å². The van der Waals surface area contributed by atoms with Crippen molar-refractivity contribution in [3.05, 3.63) is 59.8 Å². The van der Waals surface area contributed by atoms with Gasteiger partial charge in [-0.3, -0.25) is 0 Å². The maximum atomic E-state index is 6.01. The molecule has 3 rings (SSSR count). The third-order valence-corrected chi connectivity index (χ3v) is 4.63. The monoisotopic (exact) mass is 352 g/mol. The number of guanidine groups is 1. The highest BCUT2D eigenvalue weighted by atomic mass is 16.5. The van der Waals surface area contributed by atoms with Gasteiger partial charge in [0.2, 0.25) is 5.88 Å². The van der Waals surface area contributed by atoms with E-state index >= 15 is 0 Å². The summed E-state index contributed by atoms with van der Waals surface area (Å²) < 4.78 is 6.01. The van der Waals surface area contributed by atoms with Gasteiger partial charge in [0.15, 0.2) is 5.96 Å². The molecule has 1 aromatic carbocycles. The molecule has 1 aliphatic carbocycles. The molecular formula is C21H28N4O. The molecule has 0 bridgehead atoms. The van der Waals surface area contributed by atoms with E-state index < -0.39 is 0 Å². The fraction of sp³-hybridized carbons (Fsp3) is 0.429. The third-order valence-electron chi connectivity index (χ3n) is 4.63. The Morgan fingerprint density at radius 1 is 1.12 bits per heavy atom. The van der Waals surface area contributed by atoms with E-state index in [0.29, 0.717) is 24.5 Å². The van der Waals surface area contributed by atoms with Crippen molar-refractivity contribution < 1.29 is 4.74 Å². The molecule has 5 nitrogen and oxygen atoms in total. The molecule has 0 saturated heterocycles. The number of nitrogens with zero attached hydrogens (tertiary/aromatic N) is 2. The van der Waals surface area contributed by atoms with E-state index in [9.17, 15) is 0 Å². The highest BCUT2D eigenvalue weighted by molar-refractivity contribution is 5.77. The lowest BCUT2D eigenvalue weighted by Crippen LogP contribution is -2.33. The summed E-state index contributed by atoms with van der Waals surface area (Å²) in [4.78, 5) is 8.74.